The molecule has 0 aliphatic carbocycles. The molecule has 0 amide bonds. The van der Waals surface area contributed by atoms with Crippen molar-refractivity contribution in [1.29, 1.82) is 0 Å². The van der Waals surface area contributed by atoms with Crippen LogP contribution in [0.2, 0.25) is 0 Å². The molecule has 2 aromatic heterocycles. The molecule has 5 nitrogen and oxygen atoms in total. The zero-order valence-electron chi connectivity index (χ0n) is 15.2. The Kier molecular flexibility index (Phi) is 6.50. The van der Waals surface area contributed by atoms with Crippen LogP contribution in [0.25, 0.3) is 22.3 Å². The highest BCUT2D eigenvalue weighted by Crippen LogP contribution is 2.29. The molecule has 0 bridgehead atoms. The summed E-state index contributed by atoms with van der Waals surface area (Å²) in [5.41, 5.74) is 6.38. The molecule has 1 aliphatic rings. The number of fused-ring (bicyclic) bond motifs is 2. The number of nitrogens with one attached hydrogen (secondary N) is 1. The summed E-state index contributed by atoms with van der Waals surface area (Å²) < 4.78 is 7.55. The number of rotatable bonds is 2. The van der Waals surface area contributed by atoms with Crippen molar-refractivity contribution in [2.24, 2.45) is 0 Å². The lowest BCUT2D eigenvalue weighted by atomic mass is 10.0. The number of halogens is 2. The average molecular weight is 395 g/mol. The first-order valence-corrected chi connectivity index (χ1v) is 8.39. The maximum Gasteiger partial charge on any atom is 0.123 e. The second-order valence-electron chi connectivity index (χ2n) is 6.44. The quantitative estimate of drug-likeness (QED) is 0.711. The minimum Gasteiger partial charge on any atom is -0.496 e. The van der Waals surface area contributed by atoms with Crippen LogP contribution in [0.1, 0.15) is 23.2 Å². The molecular weight excluding hydrogens is 371 g/mol. The summed E-state index contributed by atoms with van der Waals surface area (Å²) in [7, 11) is 1.70. The number of benzene rings is 1. The Hall–Kier alpha value is -1.82. The molecule has 0 atom stereocenters. The lowest BCUT2D eigenvalue weighted by Crippen LogP contribution is -2.11. The van der Waals surface area contributed by atoms with E-state index in [1.54, 1.807) is 7.11 Å². The van der Waals surface area contributed by atoms with Gasteiger partial charge in [0.2, 0.25) is 0 Å². The first-order chi connectivity index (χ1) is 11.7. The predicted octanol–water partition coefficient (Wildman–Crippen LogP) is 4.06. The molecule has 3 heterocycles. The summed E-state index contributed by atoms with van der Waals surface area (Å²) in [5.74, 6) is 0.872. The minimum atomic E-state index is 0. The van der Waals surface area contributed by atoms with Gasteiger partial charge in [0.1, 0.15) is 11.4 Å². The van der Waals surface area contributed by atoms with E-state index >= 15 is 0 Å². The molecule has 0 saturated heterocycles. The number of hydrogen-bond donors (Lipinski definition) is 1. The van der Waals surface area contributed by atoms with Gasteiger partial charge in [-0.1, -0.05) is 0 Å². The number of nitrogens with zero attached hydrogens (tertiary/aromatic N) is 3. The summed E-state index contributed by atoms with van der Waals surface area (Å²) in [6.45, 7) is 7.06. The number of aryl methyl sites for hydroxylation is 3. The molecule has 0 saturated carbocycles. The van der Waals surface area contributed by atoms with Crippen molar-refractivity contribution >= 4 is 35.7 Å². The molecular formula is C19H24Cl2N4O. The largest absolute Gasteiger partial charge is 0.496 e. The van der Waals surface area contributed by atoms with E-state index < -0.39 is 0 Å². The van der Waals surface area contributed by atoms with Crippen molar-refractivity contribution in [3.63, 3.8) is 0 Å². The number of hydrogen-bond acceptors (Lipinski definition) is 4. The van der Waals surface area contributed by atoms with Crippen LogP contribution in [0, 0.1) is 13.8 Å². The fraction of sp³-hybridized carbons (Fsp3) is 0.368. The molecule has 1 aliphatic heterocycles. The van der Waals surface area contributed by atoms with E-state index in [4.69, 9.17) is 14.8 Å². The van der Waals surface area contributed by atoms with Crippen LogP contribution in [0.5, 0.6) is 5.75 Å². The minimum absolute atomic E-state index is 0. The zero-order valence-corrected chi connectivity index (χ0v) is 16.8. The van der Waals surface area contributed by atoms with Crippen LogP contribution >= 0.6 is 24.8 Å². The molecule has 1 N–H and O–H groups in total. The Labute approximate surface area is 166 Å². The Morgan fingerprint density at radius 2 is 1.85 bits per heavy atom. The molecule has 0 fully saturated rings. The van der Waals surface area contributed by atoms with Crippen molar-refractivity contribution in [1.82, 2.24) is 20.1 Å². The van der Waals surface area contributed by atoms with Gasteiger partial charge in [-0.15, -0.1) is 24.8 Å². The van der Waals surface area contributed by atoms with E-state index in [1.165, 1.54) is 16.6 Å². The van der Waals surface area contributed by atoms with E-state index in [0.29, 0.717) is 0 Å². The Morgan fingerprint density at radius 1 is 1.04 bits per heavy atom. The van der Waals surface area contributed by atoms with Crippen LogP contribution < -0.4 is 10.1 Å². The Bertz CT molecular complexity index is 900. The topological polar surface area (TPSA) is 52.0 Å². The third-order valence-electron chi connectivity index (χ3n) is 4.69. The standard InChI is InChI=1S/C19H22N4O.2ClH/c1-12-8-17(18-9-14-11-20-5-4-6-23(14)22-18)21-16-10-19(24-3)13(2)7-15(12)16;;/h7-10,20H,4-6,11H2,1-3H3;2*1H. The number of pyridine rings is 1. The first kappa shape index (κ1) is 20.5. The highest BCUT2D eigenvalue weighted by atomic mass is 35.5. The van der Waals surface area contributed by atoms with Gasteiger partial charge in [0.25, 0.3) is 0 Å². The summed E-state index contributed by atoms with van der Waals surface area (Å²) in [4.78, 5) is 4.85. The molecule has 4 rings (SSSR count). The Balaban J connectivity index is 0.00000121. The monoisotopic (exact) mass is 394 g/mol. The van der Waals surface area contributed by atoms with E-state index in [2.05, 4.69) is 42.0 Å². The van der Waals surface area contributed by atoms with Gasteiger partial charge in [0.05, 0.1) is 24.0 Å². The maximum absolute atomic E-state index is 5.45. The van der Waals surface area contributed by atoms with Gasteiger partial charge in [-0.05, 0) is 56.1 Å². The molecule has 7 heteroatoms. The van der Waals surface area contributed by atoms with Crippen LogP contribution in [0.15, 0.2) is 24.3 Å². The third kappa shape index (κ3) is 3.65. The molecule has 0 spiro atoms. The second kappa shape index (κ2) is 8.25. The van der Waals surface area contributed by atoms with Crippen LogP contribution in [-0.2, 0) is 13.1 Å². The van der Waals surface area contributed by atoms with E-state index in [1.807, 2.05) is 6.07 Å². The molecule has 140 valence electrons. The van der Waals surface area contributed by atoms with Crippen molar-refractivity contribution in [3.05, 3.63) is 41.1 Å². The molecule has 3 aromatic rings. The number of methoxy groups -OCH3 is 1. The van der Waals surface area contributed by atoms with Gasteiger partial charge in [0, 0.05) is 24.5 Å². The maximum atomic E-state index is 5.45. The fourth-order valence-corrected chi connectivity index (χ4v) is 3.37. The van der Waals surface area contributed by atoms with E-state index in [9.17, 15) is 0 Å². The van der Waals surface area contributed by atoms with Gasteiger partial charge >= 0.3 is 0 Å². The van der Waals surface area contributed by atoms with Gasteiger partial charge in [-0.2, -0.15) is 5.10 Å². The van der Waals surface area contributed by atoms with Gasteiger partial charge < -0.3 is 10.1 Å². The van der Waals surface area contributed by atoms with Gasteiger partial charge in [-0.25, -0.2) is 4.98 Å². The van der Waals surface area contributed by atoms with E-state index in [-0.39, 0.29) is 24.8 Å². The molecule has 26 heavy (non-hydrogen) atoms. The smallest absolute Gasteiger partial charge is 0.123 e. The first-order valence-electron chi connectivity index (χ1n) is 8.39. The number of ether oxygens (including phenoxy) is 1. The van der Waals surface area contributed by atoms with Gasteiger partial charge in [0.15, 0.2) is 0 Å². The molecule has 0 unspecified atom stereocenters. The SMILES string of the molecule is COc1cc2nc(-c3cc4n(n3)CCCNC4)cc(C)c2cc1C.Cl.Cl. The van der Waals surface area contributed by atoms with Crippen molar-refractivity contribution in [2.75, 3.05) is 13.7 Å². The highest BCUT2D eigenvalue weighted by Gasteiger charge is 2.14. The Morgan fingerprint density at radius 3 is 2.62 bits per heavy atom. The van der Waals surface area contributed by atoms with Crippen molar-refractivity contribution < 1.29 is 4.74 Å². The van der Waals surface area contributed by atoms with Crippen LogP contribution in [0.3, 0.4) is 0 Å². The van der Waals surface area contributed by atoms with Gasteiger partial charge in [-0.3, -0.25) is 4.68 Å². The summed E-state index contributed by atoms with van der Waals surface area (Å²) in [6.07, 6.45) is 1.11. The van der Waals surface area contributed by atoms with Crippen molar-refractivity contribution in [3.8, 4) is 17.1 Å². The van der Waals surface area contributed by atoms with E-state index in [0.717, 1.165) is 54.3 Å². The summed E-state index contributed by atoms with van der Waals surface area (Å²) in [6, 6.07) is 8.44. The summed E-state index contributed by atoms with van der Waals surface area (Å²) in [5, 5.41) is 9.37. The van der Waals surface area contributed by atoms with Crippen LogP contribution in [-0.4, -0.2) is 28.4 Å². The zero-order chi connectivity index (χ0) is 16.7. The lowest BCUT2D eigenvalue weighted by Gasteiger charge is -2.09. The normalized spacial score (nSPS) is 13.3. The summed E-state index contributed by atoms with van der Waals surface area (Å²) >= 11 is 0. The molecule has 0 radical (unpaired) electrons. The lowest BCUT2D eigenvalue weighted by molar-refractivity contribution is 0.412. The van der Waals surface area contributed by atoms with Crippen molar-refractivity contribution in [2.45, 2.75) is 33.4 Å². The highest BCUT2D eigenvalue weighted by molar-refractivity contribution is 5.87. The third-order valence-corrected chi connectivity index (χ3v) is 4.69. The molecule has 1 aromatic carbocycles. The average Bonchev–Trinajstić information content (AvgIpc) is 2.86. The predicted molar refractivity (Wildman–Crippen MR) is 110 cm³/mol. The fourth-order valence-electron chi connectivity index (χ4n) is 3.37. The second-order valence-corrected chi connectivity index (χ2v) is 6.44. The number of aromatic nitrogens is 3. The van der Waals surface area contributed by atoms with Crippen LogP contribution in [0.4, 0.5) is 0 Å².